The van der Waals surface area contributed by atoms with Gasteiger partial charge in [0, 0.05) is 31.7 Å². The van der Waals surface area contributed by atoms with E-state index >= 15 is 0 Å². The standard InChI is InChI=1S/C23H29NO5/c25-19(16-29-20-4-2-1-3-5-20)15-24-17-23(8-10-26-11-9-23)18-6-7-21-22(14-18)28-13-12-27-21/h1-7,14,19,24-25H,8-13,15-17H2. The van der Waals surface area contributed by atoms with E-state index in [1.807, 2.05) is 36.4 Å². The van der Waals surface area contributed by atoms with Crippen LogP contribution in [0.25, 0.3) is 0 Å². The van der Waals surface area contributed by atoms with E-state index in [2.05, 4.69) is 17.4 Å². The molecule has 0 radical (unpaired) electrons. The first-order valence-electron chi connectivity index (χ1n) is 10.3. The summed E-state index contributed by atoms with van der Waals surface area (Å²) in [6.07, 6.45) is 1.28. The van der Waals surface area contributed by atoms with Crippen LogP contribution in [0.5, 0.6) is 17.2 Å². The smallest absolute Gasteiger partial charge is 0.161 e. The van der Waals surface area contributed by atoms with Crippen LogP contribution in [0.1, 0.15) is 18.4 Å². The Labute approximate surface area is 171 Å². The highest BCUT2D eigenvalue weighted by molar-refractivity contribution is 5.46. The summed E-state index contributed by atoms with van der Waals surface area (Å²) in [5, 5.41) is 13.8. The van der Waals surface area contributed by atoms with Gasteiger partial charge in [-0.1, -0.05) is 24.3 Å². The molecule has 2 aromatic rings. The van der Waals surface area contributed by atoms with Gasteiger partial charge in [-0.15, -0.1) is 0 Å². The quantitative estimate of drug-likeness (QED) is 0.711. The molecule has 0 aliphatic carbocycles. The summed E-state index contributed by atoms with van der Waals surface area (Å²) in [7, 11) is 0. The number of hydrogen-bond acceptors (Lipinski definition) is 6. The zero-order valence-corrected chi connectivity index (χ0v) is 16.6. The van der Waals surface area contributed by atoms with Crippen molar-refractivity contribution >= 4 is 0 Å². The van der Waals surface area contributed by atoms with E-state index < -0.39 is 6.10 Å². The van der Waals surface area contributed by atoms with Crippen LogP contribution in [-0.4, -0.2) is 57.3 Å². The van der Waals surface area contributed by atoms with Crippen molar-refractivity contribution in [2.45, 2.75) is 24.4 Å². The van der Waals surface area contributed by atoms with Crippen molar-refractivity contribution in [3.63, 3.8) is 0 Å². The molecule has 1 fully saturated rings. The maximum absolute atomic E-state index is 10.3. The molecule has 2 aromatic carbocycles. The number of aliphatic hydroxyl groups is 1. The van der Waals surface area contributed by atoms with E-state index in [1.54, 1.807) is 0 Å². The Morgan fingerprint density at radius 2 is 1.72 bits per heavy atom. The van der Waals surface area contributed by atoms with Crippen molar-refractivity contribution in [3.8, 4) is 17.2 Å². The van der Waals surface area contributed by atoms with Crippen LogP contribution in [0.15, 0.2) is 48.5 Å². The van der Waals surface area contributed by atoms with Crippen LogP contribution < -0.4 is 19.5 Å². The van der Waals surface area contributed by atoms with Crippen LogP contribution in [-0.2, 0) is 10.2 Å². The topological polar surface area (TPSA) is 69.2 Å². The molecule has 4 rings (SSSR count). The summed E-state index contributed by atoms with van der Waals surface area (Å²) in [6.45, 7) is 4.13. The van der Waals surface area contributed by atoms with Gasteiger partial charge in [0.1, 0.15) is 31.7 Å². The van der Waals surface area contributed by atoms with E-state index in [0.717, 1.165) is 49.8 Å². The number of benzene rings is 2. The first-order valence-corrected chi connectivity index (χ1v) is 10.3. The van der Waals surface area contributed by atoms with Crippen molar-refractivity contribution in [3.05, 3.63) is 54.1 Å². The van der Waals surface area contributed by atoms with Gasteiger partial charge in [0.05, 0.1) is 0 Å². The fourth-order valence-electron chi connectivity index (χ4n) is 3.95. The zero-order chi connectivity index (χ0) is 19.9. The lowest BCUT2D eigenvalue weighted by Gasteiger charge is -2.38. The van der Waals surface area contributed by atoms with E-state index in [-0.39, 0.29) is 12.0 Å². The third kappa shape index (κ3) is 5.01. The molecule has 0 saturated carbocycles. The summed E-state index contributed by atoms with van der Waals surface area (Å²) in [4.78, 5) is 0. The van der Waals surface area contributed by atoms with Crippen molar-refractivity contribution in [2.75, 3.05) is 46.1 Å². The van der Waals surface area contributed by atoms with Crippen molar-refractivity contribution in [2.24, 2.45) is 0 Å². The molecule has 156 valence electrons. The number of ether oxygens (including phenoxy) is 4. The number of para-hydroxylation sites is 1. The SMILES string of the molecule is OC(CNCC1(c2ccc3c(c2)OCCO3)CCOCC1)COc1ccccc1. The second kappa shape index (κ2) is 9.48. The molecule has 2 aliphatic heterocycles. The third-order valence-electron chi connectivity index (χ3n) is 5.63. The number of rotatable bonds is 8. The van der Waals surface area contributed by atoms with Crippen LogP contribution in [0, 0.1) is 0 Å². The number of fused-ring (bicyclic) bond motifs is 1. The van der Waals surface area contributed by atoms with Crippen LogP contribution in [0.2, 0.25) is 0 Å². The van der Waals surface area contributed by atoms with Gasteiger partial charge in [-0.05, 0) is 42.7 Å². The van der Waals surface area contributed by atoms with Crippen LogP contribution >= 0.6 is 0 Å². The molecule has 6 nitrogen and oxygen atoms in total. The average molecular weight is 399 g/mol. The van der Waals surface area contributed by atoms with E-state index in [4.69, 9.17) is 18.9 Å². The van der Waals surface area contributed by atoms with Gasteiger partial charge in [0.2, 0.25) is 0 Å². The predicted molar refractivity (Wildman–Crippen MR) is 110 cm³/mol. The Kier molecular flexibility index (Phi) is 6.54. The van der Waals surface area contributed by atoms with Crippen molar-refractivity contribution in [1.29, 1.82) is 0 Å². The third-order valence-corrected chi connectivity index (χ3v) is 5.63. The molecule has 6 heteroatoms. The molecule has 2 aliphatic rings. The van der Waals surface area contributed by atoms with Crippen LogP contribution in [0.3, 0.4) is 0 Å². The fraction of sp³-hybridized carbons (Fsp3) is 0.478. The summed E-state index contributed by atoms with van der Waals surface area (Å²) >= 11 is 0. The molecule has 2 N–H and O–H groups in total. The highest BCUT2D eigenvalue weighted by atomic mass is 16.6. The molecule has 0 amide bonds. The normalized spacial score (nSPS) is 18.8. The van der Waals surface area contributed by atoms with Gasteiger partial charge >= 0.3 is 0 Å². The van der Waals surface area contributed by atoms with E-state index in [0.29, 0.717) is 19.8 Å². The molecule has 0 aromatic heterocycles. The fourth-order valence-corrected chi connectivity index (χ4v) is 3.95. The van der Waals surface area contributed by atoms with Crippen molar-refractivity contribution in [1.82, 2.24) is 5.32 Å². The van der Waals surface area contributed by atoms with Crippen LogP contribution in [0.4, 0.5) is 0 Å². The minimum Gasteiger partial charge on any atom is -0.491 e. The second-order valence-corrected chi connectivity index (χ2v) is 7.66. The van der Waals surface area contributed by atoms with Gasteiger partial charge in [-0.2, -0.15) is 0 Å². The first-order chi connectivity index (χ1) is 14.3. The maximum atomic E-state index is 10.3. The summed E-state index contributed by atoms with van der Waals surface area (Å²) < 4.78 is 22.7. The molecule has 0 spiro atoms. The summed E-state index contributed by atoms with van der Waals surface area (Å²) in [6, 6.07) is 15.8. The average Bonchev–Trinajstić information content (AvgIpc) is 2.79. The number of aliphatic hydroxyl groups excluding tert-OH is 1. The monoisotopic (exact) mass is 399 g/mol. The zero-order valence-electron chi connectivity index (χ0n) is 16.6. The molecule has 0 bridgehead atoms. The molecule has 1 atom stereocenters. The number of hydrogen-bond donors (Lipinski definition) is 2. The van der Waals surface area contributed by atoms with Gasteiger partial charge in [-0.3, -0.25) is 0 Å². The van der Waals surface area contributed by atoms with E-state index in [1.165, 1.54) is 5.56 Å². The lowest BCUT2D eigenvalue weighted by molar-refractivity contribution is 0.0468. The van der Waals surface area contributed by atoms with Gasteiger partial charge in [0.25, 0.3) is 0 Å². The summed E-state index contributed by atoms with van der Waals surface area (Å²) in [5.74, 6) is 2.39. The molecular weight excluding hydrogens is 370 g/mol. The molecule has 1 unspecified atom stereocenters. The first kappa shape index (κ1) is 20.0. The maximum Gasteiger partial charge on any atom is 0.161 e. The largest absolute Gasteiger partial charge is 0.491 e. The lowest BCUT2D eigenvalue weighted by atomic mass is 9.74. The second-order valence-electron chi connectivity index (χ2n) is 7.66. The highest BCUT2D eigenvalue weighted by Crippen LogP contribution is 2.39. The Balaban J connectivity index is 1.36. The highest BCUT2D eigenvalue weighted by Gasteiger charge is 2.35. The Hall–Kier alpha value is -2.28. The molecule has 29 heavy (non-hydrogen) atoms. The minimum absolute atomic E-state index is 0.0475. The van der Waals surface area contributed by atoms with Crippen molar-refractivity contribution < 1.29 is 24.1 Å². The van der Waals surface area contributed by atoms with E-state index in [9.17, 15) is 5.11 Å². The Morgan fingerprint density at radius 3 is 2.52 bits per heavy atom. The molecule has 2 heterocycles. The lowest BCUT2D eigenvalue weighted by Crippen LogP contribution is -2.45. The van der Waals surface area contributed by atoms with Gasteiger partial charge < -0.3 is 29.4 Å². The molecular formula is C23H29NO5. The van der Waals surface area contributed by atoms with Gasteiger partial charge in [0.15, 0.2) is 11.5 Å². The minimum atomic E-state index is -0.577. The Bertz CT molecular complexity index is 776. The molecule has 1 saturated heterocycles. The Morgan fingerprint density at radius 1 is 0.966 bits per heavy atom. The predicted octanol–water partition coefficient (Wildman–Crippen LogP) is 2.54. The number of nitrogens with one attached hydrogen (secondary N) is 1. The van der Waals surface area contributed by atoms with Gasteiger partial charge in [-0.25, -0.2) is 0 Å². The summed E-state index contributed by atoms with van der Waals surface area (Å²) in [5.41, 5.74) is 1.18.